The fourth-order valence-corrected chi connectivity index (χ4v) is 2.49. The summed E-state index contributed by atoms with van der Waals surface area (Å²) < 4.78 is 33.5. The van der Waals surface area contributed by atoms with E-state index in [4.69, 9.17) is 8.92 Å². The van der Waals surface area contributed by atoms with Gasteiger partial charge in [0, 0.05) is 12.1 Å². The van der Waals surface area contributed by atoms with Gasteiger partial charge in [-0.2, -0.15) is 8.42 Å². The topological polar surface area (TPSA) is 102 Å². The third-order valence-corrected chi connectivity index (χ3v) is 3.86. The number of carbonyl (C=O) groups is 1. The second-order valence-electron chi connectivity index (χ2n) is 8.29. The number of benzene rings is 1. The van der Waals surface area contributed by atoms with Crippen molar-refractivity contribution in [3.63, 3.8) is 0 Å². The van der Waals surface area contributed by atoms with Crippen molar-refractivity contribution in [2.75, 3.05) is 12.8 Å². The first-order valence-electron chi connectivity index (χ1n) is 8.27. The van der Waals surface area contributed by atoms with Crippen molar-refractivity contribution in [2.24, 2.45) is 5.41 Å². The summed E-state index contributed by atoms with van der Waals surface area (Å²) in [7, 11) is -3.71. The van der Waals surface area contributed by atoms with Crippen LogP contribution in [0.25, 0.3) is 0 Å². The van der Waals surface area contributed by atoms with Crippen molar-refractivity contribution >= 4 is 16.1 Å². The Balaban J connectivity index is 3.08. The molecule has 0 bridgehead atoms. The van der Waals surface area contributed by atoms with E-state index in [0.717, 1.165) is 6.26 Å². The average molecular weight is 387 g/mol. The van der Waals surface area contributed by atoms with Gasteiger partial charge < -0.3 is 15.2 Å². The molecule has 0 radical (unpaired) electrons. The van der Waals surface area contributed by atoms with Gasteiger partial charge in [0.2, 0.25) is 0 Å². The third kappa shape index (κ3) is 7.72. The molecule has 0 saturated heterocycles. The van der Waals surface area contributed by atoms with E-state index in [9.17, 15) is 18.3 Å². The van der Waals surface area contributed by atoms with E-state index in [1.807, 2.05) is 20.8 Å². The molecular formula is C18H29NO6S. The molecule has 0 aliphatic heterocycles. The van der Waals surface area contributed by atoms with Crippen LogP contribution in [0.4, 0.5) is 0 Å². The fourth-order valence-electron chi connectivity index (χ4n) is 1.89. The average Bonchev–Trinajstić information content (AvgIpc) is 2.42. The third-order valence-electron chi connectivity index (χ3n) is 3.28. The summed E-state index contributed by atoms with van der Waals surface area (Å²) in [6.45, 7) is 11.2. The molecule has 1 unspecified atom stereocenters. The minimum Gasteiger partial charge on any atom is -0.504 e. The van der Waals surface area contributed by atoms with Gasteiger partial charge in [-0.25, -0.2) is 0 Å². The number of hydrogen-bond acceptors (Lipinski definition) is 7. The Bertz CT molecular complexity index is 744. The van der Waals surface area contributed by atoms with E-state index in [1.54, 1.807) is 26.8 Å². The normalized spacial score (nSPS) is 14.1. The van der Waals surface area contributed by atoms with E-state index in [1.165, 1.54) is 12.1 Å². The van der Waals surface area contributed by atoms with Gasteiger partial charge in [0.05, 0.1) is 11.7 Å². The summed E-state index contributed by atoms with van der Waals surface area (Å²) in [5, 5.41) is 13.4. The minimum absolute atomic E-state index is 0.00978. The smallest absolute Gasteiger partial charge is 0.316 e. The Morgan fingerprint density at radius 1 is 1.19 bits per heavy atom. The molecule has 0 amide bonds. The summed E-state index contributed by atoms with van der Waals surface area (Å²) in [5.74, 6) is -0.743. The number of phenolic OH excluding ortho intramolecular Hbond substituents is 1. The lowest BCUT2D eigenvalue weighted by Crippen LogP contribution is -2.39. The maximum Gasteiger partial charge on any atom is 0.316 e. The summed E-state index contributed by atoms with van der Waals surface area (Å²) in [6, 6.07) is 4.32. The van der Waals surface area contributed by atoms with Crippen LogP contribution in [0, 0.1) is 5.41 Å². The van der Waals surface area contributed by atoms with E-state index in [0.29, 0.717) is 5.56 Å². The van der Waals surface area contributed by atoms with Crippen LogP contribution < -0.4 is 10.1 Å². The highest BCUT2D eigenvalue weighted by Gasteiger charge is 2.26. The molecule has 0 fully saturated rings. The van der Waals surface area contributed by atoms with Crippen molar-refractivity contribution in [3.8, 4) is 11.5 Å². The van der Waals surface area contributed by atoms with Gasteiger partial charge >= 0.3 is 5.97 Å². The highest BCUT2D eigenvalue weighted by atomic mass is 32.2. The van der Waals surface area contributed by atoms with E-state index < -0.39 is 27.6 Å². The van der Waals surface area contributed by atoms with E-state index in [2.05, 4.69) is 5.32 Å². The molecule has 26 heavy (non-hydrogen) atoms. The first kappa shape index (κ1) is 22.4. The van der Waals surface area contributed by atoms with Gasteiger partial charge in [-0.05, 0) is 59.2 Å². The molecule has 0 aliphatic rings. The molecule has 0 heterocycles. The van der Waals surface area contributed by atoms with Crippen molar-refractivity contribution in [1.82, 2.24) is 5.32 Å². The molecule has 2 N–H and O–H groups in total. The quantitative estimate of drug-likeness (QED) is 0.439. The van der Waals surface area contributed by atoms with Gasteiger partial charge in [0.15, 0.2) is 11.5 Å². The zero-order valence-electron chi connectivity index (χ0n) is 16.4. The van der Waals surface area contributed by atoms with Crippen LogP contribution in [0.1, 0.15) is 53.2 Å². The number of esters is 1. The van der Waals surface area contributed by atoms with Crippen molar-refractivity contribution in [2.45, 2.75) is 53.2 Å². The van der Waals surface area contributed by atoms with Crippen molar-refractivity contribution in [1.29, 1.82) is 0 Å². The summed E-state index contributed by atoms with van der Waals surface area (Å²) >= 11 is 0. The first-order valence-corrected chi connectivity index (χ1v) is 10.1. The van der Waals surface area contributed by atoms with Gasteiger partial charge in [-0.1, -0.05) is 6.07 Å². The van der Waals surface area contributed by atoms with Gasteiger partial charge in [0.25, 0.3) is 10.1 Å². The fraction of sp³-hybridized carbons (Fsp3) is 0.611. The number of ether oxygens (including phenoxy) is 1. The summed E-state index contributed by atoms with van der Waals surface area (Å²) in [5.41, 5.74) is -0.521. The minimum atomic E-state index is -3.71. The standard InChI is InChI=1S/C18H29NO6S/c1-17(2,3)16(21)24-14-9-8-12(10-13(14)20)15(25-26(7,22)23)11-19-18(4,5)6/h8-10,15,19-20H,11H2,1-7H3. The molecule has 1 rings (SSSR count). The maximum absolute atomic E-state index is 12.0. The molecule has 7 nitrogen and oxygen atoms in total. The zero-order chi connectivity index (χ0) is 20.3. The number of rotatable bonds is 6. The predicted octanol–water partition coefficient (Wildman–Crippen LogP) is 2.75. The maximum atomic E-state index is 12.0. The molecule has 8 heteroatoms. The number of aromatic hydroxyl groups is 1. The lowest BCUT2D eigenvalue weighted by molar-refractivity contribution is -0.143. The number of hydrogen-bond donors (Lipinski definition) is 2. The number of carbonyl (C=O) groups excluding carboxylic acids is 1. The molecule has 0 spiro atoms. The number of nitrogens with one attached hydrogen (secondary N) is 1. The van der Waals surface area contributed by atoms with Crippen molar-refractivity contribution < 1.29 is 27.2 Å². The Labute approximate surface area is 155 Å². The Hall–Kier alpha value is -1.64. The van der Waals surface area contributed by atoms with Crippen LogP contribution in [0.15, 0.2) is 18.2 Å². The highest BCUT2D eigenvalue weighted by molar-refractivity contribution is 7.86. The van der Waals surface area contributed by atoms with Gasteiger partial charge in [-0.3, -0.25) is 8.98 Å². The Morgan fingerprint density at radius 3 is 2.19 bits per heavy atom. The molecule has 0 aliphatic carbocycles. The lowest BCUT2D eigenvalue weighted by atomic mass is 9.97. The monoisotopic (exact) mass is 387 g/mol. The predicted molar refractivity (Wildman–Crippen MR) is 99.6 cm³/mol. The van der Waals surface area contributed by atoms with Crippen LogP contribution in [0.2, 0.25) is 0 Å². The van der Waals surface area contributed by atoms with Crippen LogP contribution >= 0.6 is 0 Å². The zero-order valence-corrected chi connectivity index (χ0v) is 17.2. The largest absolute Gasteiger partial charge is 0.504 e. The first-order chi connectivity index (χ1) is 11.6. The molecule has 0 saturated carbocycles. The van der Waals surface area contributed by atoms with Crippen LogP contribution in [-0.4, -0.2) is 37.8 Å². The van der Waals surface area contributed by atoms with Crippen LogP contribution in [-0.2, 0) is 19.1 Å². The molecule has 1 aromatic carbocycles. The molecule has 1 aromatic rings. The Kier molecular flexibility index (Phi) is 6.84. The second-order valence-corrected chi connectivity index (χ2v) is 9.89. The highest BCUT2D eigenvalue weighted by Crippen LogP contribution is 2.32. The van der Waals surface area contributed by atoms with Gasteiger partial charge in [-0.15, -0.1) is 0 Å². The van der Waals surface area contributed by atoms with Gasteiger partial charge in [0.1, 0.15) is 6.10 Å². The lowest BCUT2D eigenvalue weighted by Gasteiger charge is -2.25. The molecule has 0 aromatic heterocycles. The number of phenols is 1. The molecule has 1 atom stereocenters. The van der Waals surface area contributed by atoms with E-state index >= 15 is 0 Å². The molecule has 148 valence electrons. The molecular weight excluding hydrogens is 358 g/mol. The SMILES string of the molecule is CC(C)(C)NCC(OS(C)(=O)=O)c1ccc(OC(=O)C(C)(C)C)c(O)c1. The van der Waals surface area contributed by atoms with Crippen LogP contribution in [0.3, 0.4) is 0 Å². The Morgan fingerprint density at radius 2 is 1.77 bits per heavy atom. The second kappa shape index (κ2) is 7.94. The van der Waals surface area contributed by atoms with Crippen molar-refractivity contribution in [3.05, 3.63) is 23.8 Å². The summed E-state index contributed by atoms with van der Waals surface area (Å²) in [4.78, 5) is 12.0. The van der Waals surface area contributed by atoms with E-state index in [-0.39, 0.29) is 23.6 Å². The van der Waals surface area contributed by atoms with Crippen LogP contribution in [0.5, 0.6) is 11.5 Å². The summed E-state index contributed by atoms with van der Waals surface area (Å²) in [6.07, 6.45) is 0.138.